The molecule has 0 aromatic carbocycles. The number of aromatic nitrogens is 2. The van der Waals surface area contributed by atoms with E-state index in [1.54, 1.807) is 12.0 Å². The van der Waals surface area contributed by atoms with Crippen molar-refractivity contribution in [3.63, 3.8) is 0 Å². The van der Waals surface area contributed by atoms with Gasteiger partial charge in [-0.1, -0.05) is 0 Å². The molecule has 1 saturated heterocycles. The van der Waals surface area contributed by atoms with Crippen LogP contribution in [0.1, 0.15) is 35.6 Å². The molecule has 6 nitrogen and oxygen atoms in total. The summed E-state index contributed by atoms with van der Waals surface area (Å²) >= 11 is 0. The highest BCUT2D eigenvalue weighted by molar-refractivity contribution is 5.92. The van der Waals surface area contributed by atoms with Crippen LogP contribution in [0, 0.1) is 18.8 Å². The summed E-state index contributed by atoms with van der Waals surface area (Å²) in [4.78, 5) is 16.7. The Morgan fingerprint density at radius 1 is 1.32 bits per heavy atom. The number of likely N-dealkylation sites (tertiary alicyclic amines) is 1. The van der Waals surface area contributed by atoms with E-state index in [0.717, 1.165) is 12.8 Å². The summed E-state index contributed by atoms with van der Waals surface area (Å²) in [6.45, 7) is 0.102. The van der Waals surface area contributed by atoms with E-state index in [0.29, 0.717) is 41.3 Å². The number of carbonyl (C=O) groups excluding carboxylic acids is 1. The highest BCUT2D eigenvalue weighted by Gasteiger charge is 2.44. The van der Waals surface area contributed by atoms with Crippen LogP contribution in [0.3, 0.4) is 0 Å². The number of nitrogens with zero attached hydrogens (tertiary/aromatic N) is 4. The highest BCUT2D eigenvalue weighted by atomic mass is 19.3. The molecule has 25 heavy (non-hydrogen) atoms. The lowest BCUT2D eigenvalue weighted by Crippen LogP contribution is -2.47. The molecule has 0 N–H and O–H groups in total. The van der Waals surface area contributed by atoms with Gasteiger partial charge in [-0.3, -0.25) is 4.79 Å². The third-order valence-electron chi connectivity index (χ3n) is 5.66. The Kier molecular flexibility index (Phi) is 5.11. The number of halogens is 2. The van der Waals surface area contributed by atoms with Gasteiger partial charge in [0.15, 0.2) is 5.69 Å². The number of ether oxygens (including phenoxy) is 1. The predicted octanol–water partition coefficient (Wildman–Crippen LogP) is 2.01. The maximum absolute atomic E-state index is 12.9. The molecule has 4 atom stereocenters. The van der Waals surface area contributed by atoms with Crippen molar-refractivity contribution in [2.75, 3.05) is 34.3 Å². The largest absolute Gasteiger partial charge is 0.380 e. The number of hydrogen-bond donors (Lipinski definition) is 0. The van der Waals surface area contributed by atoms with Gasteiger partial charge in [0.2, 0.25) is 0 Å². The minimum Gasteiger partial charge on any atom is -0.380 e. The second kappa shape index (κ2) is 6.99. The van der Waals surface area contributed by atoms with E-state index in [-0.39, 0.29) is 17.7 Å². The third kappa shape index (κ3) is 3.42. The Bertz CT molecular complexity index is 634. The maximum atomic E-state index is 12.9. The standard InChI is InChI=1S/C17H26F2N4O2/c1-10-5-13(20-23(10)17(18)19)16(24)22-8-11-6-14(21(2)3)15(25-4)7-12(11)9-22/h5,11-12,14-15,17H,6-9H2,1-4H3/t11-,12+,14-,15-/m1/s1. The lowest BCUT2D eigenvalue weighted by atomic mass is 9.77. The van der Waals surface area contributed by atoms with E-state index in [4.69, 9.17) is 4.74 Å². The van der Waals surface area contributed by atoms with Crippen molar-refractivity contribution in [2.24, 2.45) is 11.8 Å². The summed E-state index contributed by atoms with van der Waals surface area (Å²) in [7, 11) is 5.84. The first-order valence-electron chi connectivity index (χ1n) is 8.64. The van der Waals surface area contributed by atoms with Gasteiger partial charge in [-0.2, -0.15) is 13.9 Å². The lowest BCUT2D eigenvalue weighted by Gasteiger charge is -2.40. The first-order valence-corrected chi connectivity index (χ1v) is 8.64. The van der Waals surface area contributed by atoms with E-state index in [1.165, 1.54) is 13.0 Å². The number of carbonyl (C=O) groups is 1. The van der Waals surface area contributed by atoms with Crippen molar-refractivity contribution in [1.82, 2.24) is 19.6 Å². The molecule has 0 bridgehead atoms. The Morgan fingerprint density at radius 3 is 2.48 bits per heavy atom. The average Bonchev–Trinajstić information content (AvgIpc) is 3.15. The fourth-order valence-corrected chi connectivity index (χ4v) is 4.30. The first kappa shape index (κ1) is 18.3. The summed E-state index contributed by atoms with van der Waals surface area (Å²) < 4.78 is 32.0. The van der Waals surface area contributed by atoms with E-state index >= 15 is 0 Å². The van der Waals surface area contributed by atoms with Gasteiger partial charge in [-0.15, -0.1) is 0 Å². The van der Waals surface area contributed by atoms with Crippen molar-refractivity contribution in [3.05, 3.63) is 17.5 Å². The highest BCUT2D eigenvalue weighted by Crippen LogP contribution is 2.39. The van der Waals surface area contributed by atoms with Crippen molar-refractivity contribution < 1.29 is 18.3 Å². The molecular formula is C17H26F2N4O2. The fraction of sp³-hybridized carbons (Fsp3) is 0.765. The maximum Gasteiger partial charge on any atom is 0.333 e. The molecule has 1 aliphatic heterocycles. The summed E-state index contributed by atoms with van der Waals surface area (Å²) in [5.74, 6) is 0.552. The van der Waals surface area contributed by atoms with Crippen LogP contribution in [0.25, 0.3) is 0 Å². The fourth-order valence-electron chi connectivity index (χ4n) is 4.30. The molecule has 2 fully saturated rings. The minimum atomic E-state index is -2.73. The van der Waals surface area contributed by atoms with Crippen LogP contribution in [0.15, 0.2) is 6.07 Å². The van der Waals surface area contributed by atoms with Gasteiger partial charge in [-0.05, 0) is 51.8 Å². The summed E-state index contributed by atoms with van der Waals surface area (Å²) in [6, 6.07) is 1.78. The van der Waals surface area contributed by atoms with Crippen LogP contribution in [0.2, 0.25) is 0 Å². The van der Waals surface area contributed by atoms with Crippen LogP contribution < -0.4 is 0 Å². The molecule has 1 saturated carbocycles. The van der Waals surface area contributed by atoms with Crippen LogP contribution in [-0.2, 0) is 4.74 Å². The smallest absolute Gasteiger partial charge is 0.333 e. The summed E-state index contributed by atoms with van der Waals surface area (Å²) in [5, 5.41) is 3.79. The topological polar surface area (TPSA) is 50.6 Å². The van der Waals surface area contributed by atoms with Crippen LogP contribution in [-0.4, -0.2) is 71.9 Å². The molecule has 1 aromatic heterocycles. The molecule has 8 heteroatoms. The van der Waals surface area contributed by atoms with Crippen molar-refractivity contribution >= 4 is 5.91 Å². The molecule has 0 unspecified atom stereocenters. The number of methoxy groups -OCH3 is 1. The molecule has 1 amide bonds. The van der Waals surface area contributed by atoms with Gasteiger partial charge in [-0.25, -0.2) is 4.68 Å². The van der Waals surface area contributed by atoms with Crippen molar-refractivity contribution in [2.45, 2.75) is 38.5 Å². The molecule has 140 valence electrons. The van der Waals surface area contributed by atoms with Crippen LogP contribution in [0.5, 0.6) is 0 Å². The molecule has 1 aliphatic carbocycles. The number of likely N-dealkylation sites (N-methyl/N-ethyl adjacent to an activating group) is 1. The third-order valence-corrected chi connectivity index (χ3v) is 5.66. The van der Waals surface area contributed by atoms with Crippen LogP contribution >= 0.6 is 0 Å². The summed E-state index contributed by atoms with van der Waals surface area (Å²) in [6.07, 6.45) is 2.05. The molecule has 3 rings (SSSR count). The Labute approximate surface area is 146 Å². The van der Waals surface area contributed by atoms with Crippen molar-refractivity contribution in [1.29, 1.82) is 0 Å². The Balaban J connectivity index is 1.72. The zero-order chi connectivity index (χ0) is 18.3. The lowest BCUT2D eigenvalue weighted by molar-refractivity contribution is -0.0209. The molecule has 2 aliphatic rings. The van der Waals surface area contributed by atoms with Crippen LogP contribution in [0.4, 0.5) is 8.78 Å². The first-order chi connectivity index (χ1) is 11.8. The number of aryl methyl sites for hydroxylation is 1. The normalized spacial score (nSPS) is 29.5. The van der Waals surface area contributed by atoms with Gasteiger partial charge >= 0.3 is 6.55 Å². The van der Waals surface area contributed by atoms with Gasteiger partial charge < -0.3 is 14.5 Å². The number of amides is 1. The SMILES string of the molecule is CO[C@@H]1C[C@H]2CN(C(=O)c3cc(C)n(C(F)F)n3)C[C@H]2C[C@H]1N(C)C. The number of fused-ring (bicyclic) bond motifs is 1. The average molecular weight is 356 g/mol. The number of rotatable bonds is 4. The molecular weight excluding hydrogens is 330 g/mol. The van der Waals surface area contributed by atoms with Crippen molar-refractivity contribution in [3.8, 4) is 0 Å². The van der Waals surface area contributed by atoms with E-state index < -0.39 is 6.55 Å². The van der Waals surface area contributed by atoms with E-state index in [2.05, 4.69) is 24.1 Å². The van der Waals surface area contributed by atoms with Gasteiger partial charge in [0.1, 0.15) is 0 Å². The quantitative estimate of drug-likeness (QED) is 0.828. The number of hydrogen-bond acceptors (Lipinski definition) is 4. The molecule has 1 aromatic rings. The molecule has 2 heterocycles. The van der Waals surface area contributed by atoms with E-state index in [9.17, 15) is 13.6 Å². The predicted molar refractivity (Wildman–Crippen MR) is 88.6 cm³/mol. The zero-order valence-corrected chi connectivity index (χ0v) is 15.2. The van der Waals surface area contributed by atoms with Gasteiger partial charge in [0.25, 0.3) is 5.91 Å². The Morgan fingerprint density at radius 2 is 1.96 bits per heavy atom. The number of alkyl halides is 2. The molecule has 0 spiro atoms. The molecule has 0 radical (unpaired) electrons. The van der Waals surface area contributed by atoms with Gasteiger partial charge in [0, 0.05) is 31.9 Å². The summed E-state index contributed by atoms with van der Waals surface area (Å²) in [5.41, 5.74) is 0.394. The minimum absolute atomic E-state index is 0.101. The van der Waals surface area contributed by atoms with E-state index in [1.807, 2.05) is 0 Å². The van der Waals surface area contributed by atoms with Gasteiger partial charge in [0.05, 0.1) is 6.10 Å². The second-order valence-corrected chi connectivity index (χ2v) is 7.40. The zero-order valence-electron chi connectivity index (χ0n) is 15.2. The Hall–Kier alpha value is -1.54. The second-order valence-electron chi connectivity index (χ2n) is 7.40. The monoisotopic (exact) mass is 356 g/mol.